The summed E-state index contributed by atoms with van der Waals surface area (Å²) in [6.45, 7) is 4.54. The maximum absolute atomic E-state index is 11.9. The molecule has 3 aromatic rings. The molecule has 23 heavy (non-hydrogen) atoms. The number of hydrogen-bond donors (Lipinski definition) is 1. The van der Waals surface area contributed by atoms with Crippen molar-refractivity contribution in [2.45, 2.75) is 25.4 Å². The van der Waals surface area contributed by atoms with E-state index in [4.69, 9.17) is 0 Å². The molecule has 3 rings (SSSR count). The van der Waals surface area contributed by atoms with Crippen molar-refractivity contribution in [3.8, 4) is 0 Å². The van der Waals surface area contributed by atoms with Gasteiger partial charge in [0.25, 0.3) is 5.78 Å². The number of carbonyl (C=O) groups is 1. The summed E-state index contributed by atoms with van der Waals surface area (Å²) in [6, 6.07) is 6.04. The second kappa shape index (κ2) is 7.10. The van der Waals surface area contributed by atoms with Crippen molar-refractivity contribution in [1.29, 1.82) is 0 Å². The highest BCUT2D eigenvalue weighted by molar-refractivity contribution is 7.99. The molecule has 0 unspecified atom stereocenters. The molecule has 0 saturated carbocycles. The van der Waals surface area contributed by atoms with Crippen molar-refractivity contribution in [2.75, 3.05) is 12.3 Å². The number of thiophene rings is 1. The Hall–Kier alpha value is -1.93. The van der Waals surface area contributed by atoms with E-state index in [-0.39, 0.29) is 5.91 Å². The van der Waals surface area contributed by atoms with Crippen LogP contribution in [0.25, 0.3) is 5.78 Å². The van der Waals surface area contributed by atoms with E-state index in [1.165, 1.54) is 16.6 Å². The number of rotatable bonds is 6. The maximum Gasteiger partial charge on any atom is 0.253 e. The SMILES string of the molecule is Cc1cc(C)n2nc(SCC(=O)NCCc3cccs3)nc2n1. The summed E-state index contributed by atoms with van der Waals surface area (Å²) in [4.78, 5) is 21.8. The Balaban J connectivity index is 1.51. The number of hydrogen-bond acceptors (Lipinski definition) is 6. The first-order chi connectivity index (χ1) is 11.1. The lowest BCUT2D eigenvalue weighted by atomic mass is 10.3. The third-order valence-corrected chi connectivity index (χ3v) is 4.98. The standard InChI is InChI=1S/C15H17N5OS2/c1-10-8-11(2)20-14(17-10)18-15(19-20)23-9-13(21)16-6-5-12-4-3-7-22-12/h3-4,7-8H,5-6,9H2,1-2H3,(H,16,21). The largest absolute Gasteiger partial charge is 0.355 e. The second-order valence-electron chi connectivity index (χ2n) is 5.11. The van der Waals surface area contributed by atoms with E-state index in [9.17, 15) is 4.79 Å². The minimum atomic E-state index is -0.00808. The summed E-state index contributed by atoms with van der Waals surface area (Å²) in [6.07, 6.45) is 0.864. The zero-order valence-corrected chi connectivity index (χ0v) is 14.6. The van der Waals surface area contributed by atoms with Gasteiger partial charge in [-0.3, -0.25) is 4.79 Å². The first kappa shape index (κ1) is 15.9. The minimum Gasteiger partial charge on any atom is -0.355 e. The van der Waals surface area contributed by atoms with E-state index in [1.54, 1.807) is 15.9 Å². The van der Waals surface area contributed by atoms with Gasteiger partial charge < -0.3 is 5.32 Å². The second-order valence-corrected chi connectivity index (χ2v) is 7.09. The van der Waals surface area contributed by atoms with Gasteiger partial charge in [-0.1, -0.05) is 17.8 Å². The van der Waals surface area contributed by atoms with Crippen LogP contribution >= 0.6 is 23.1 Å². The fourth-order valence-corrected chi connectivity index (χ4v) is 3.53. The lowest BCUT2D eigenvalue weighted by Gasteiger charge is -2.02. The summed E-state index contributed by atoms with van der Waals surface area (Å²) < 4.78 is 1.70. The van der Waals surface area contributed by atoms with Gasteiger partial charge in [-0.15, -0.1) is 16.4 Å². The highest BCUT2D eigenvalue weighted by Gasteiger charge is 2.10. The van der Waals surface area contributed by atoms with Crippen molar-refractivity contribution in [2.24, 2.45) is 0 Å². The molecule has 0 spiro atoms. The molecule has 0 aliphatic carbocycles. The molecule has 0 fully saturated rings. The molecule has 1 amide bonds. The zero-order chi connectivity index (χ0) is 16.2. The molecule has 0 radical (unpaired) electrons. The van der Waals surface area contributed by atoms with E-state index in [0.29, 0.717) is 23.2 Å². The number of aryl methyl sites for hydroxylation is 2. The Morgan fingerprint density at radius 2 is 2.26 bits per heavy atom. The van der Waals surface area contributed by atoms with Gasteiger partial charge in [0.1, 0.15) is 0 Å². The molecule has 0 aliphatic heterocycles. The van der Waals surface area contributed by atoms with Gasteiger partial charge in [-0.2, -0.15) is 4.98 Å². The smallest absolute Gasteiger partial charge is 0.253 e. The number of aromatic nitrogens is 4. The van der Waals surface area contributed by atoms with E-state index in [0.717, 1.165) is 17.8 Å². The molecule has 0 aromatic carbocycles. The fraction of sp³-hybridized carbons (Fsp3) is 0.333. The van der Waals surface area contributed by atoms with Gasteiger partial charge >= 0.3 is 0 Å². The molecule has 6 nitrogen and oxygen atoms in total. The van der Waals surface area contributed by atoms with Crippen LogP contribution in [0.15, 0.2) is 28.7 Å². The van der Waals surface area contributed by atoms with Gasteiger partial charge in [-0.25, -0.2) is 9.50 Å². The molecule has 0 saturated heterocycles. The van der Waals surface area contributed by atoms with Crippen LogP contribution in [0.2, 0.25) is 0 Å². The number of amides is 1. The monoisotopic (exact) mass is 347 g/mol. The van der Waals surface area contributed by atoms with Crippen molar-refractivity contribution >= 4 is 34.8 Å². The zero-order valence-electron chi connectivity index (χ0n) is 12.9. The molecule has 8 heteroatoms. The van der Waals surface area contributed by atoms with E-state index in [1.807, 2.05) is 31.4 Å². The number of nitrogens with one attached hydrogen (secondary N) is 1. The highest BCUT2D eigenvalue weighted by atomic mass is 32.2. The molecular weight excluding hydrogens is 330 g/mol. The average molecular weight is 347 g/mol. The summed E-state index contributed by atoms with van der Waals surface area (Å²) in [5, 5.41) is 9.90. The summed E-state index contributed by atoms with van der Waals surface area (Å²) >= 11 is 3.03. The third-order valence-electron chi connectivity index (χ3n) is 3.20. The van der Waals surface area contributed by atoms with Crippen LogP contribution in [0.5, 0.6) is 0 Å². The topological polar surface area (TPSA) is 72.2 Å². The Labute approximate surface area is 142 Å². The number of thioether (sulfide) groups is 1. The van der Waals surface area contributed by atoms with Gasteiger partial charge in [0.2, 0.25) is 11.1 Å². The van der Waals surface area contributed by atoms with Crippen molar-refractivity contribution < 1.29 is 4.79 Å². The van der Waals surface area contributed by atoms with Gasteiger partial charge in [0.05, 0.1) is 5.75 Å². The highest BCUT2D eigenvalue weighted by Crippen LogP contribution is 2.15. The van der Waals surface area contributed by atoms with Crippen molar-refractivity contribution in [3.63, 3.8) is 0 Å². The molecule has 0 bridgehead atoms. The first-order valence-electron chi connectivity index (χ1n) is 7.25. The van der Waals surface area contributed by atoms with Gasteiger partial charge in [0, 0.05) is 22.8 Å². The number of nitrogens with zero attached hydrogens (tertiary/aromatic N) is 4. The lowest BCUT2D eigenvalue weighted by molar-refractivity contribution is -0.118. The normalized spacial score (nSPS) is 11.0. The predicted molar refractivity (Wildman–Crippen MR) is 92.0 cm³/mol. The Kier molecular flexibility index (Phi) is 4.92. The van der Waals surface area contributed by atoms with Crippen LogP contribution in [-0.4, -0.2) is 37.8 Å². The number of fused-ring (bicyclic) bond motifs is 1. The quantitative estimate of drug-likeness (QED) is 0.693. The molecular formula is C15H17N5OS2. The third kappa shape index (κ3) is 4.08. The number of carbonyl (C=O) groups excluding carboxylic acids is 1. The van der Waals surface area contributed by atoms with Gasteiger partial charge in [-0.05, 0) is 37.8 Å². The molecule has 0 atom stereocenters. The molecule has 3 aromatic heterocycles. The molecule has 1 N–H and O–H groups in total. The van der Waals surface area contributed by atoms with E-state index in [2.05, 4.69) is 26.4 Å². The minimum absolute atomic E-state index is 0.00808. The predicted octanol–water partition coefficient (Wildman–Crippen LogP) is 2.25. The fourth-order valence-electron chi connectivity index (χ4n) is 2.17. The van der Waals surface area contributed by atoms with Crippen LogP contribution in [0.1, 0.15) is 16.3 Å². The Morgan fingerprint density at radius 3 is 3.04 bits per heavy atom. The summed E-state index contributed by atoms with van der Waals surface area (Å²) in [5.41, 5.74) is 1.89. The Bertz CT molecular complexity index is 813. The van der Waals surface area contributed by atoms with Crippen LogP contribution in [-0.2, 0) is 11.2 Å². The van der Waals surface area contributed by atoms with Crippen LogP contribution < -0.4 is 5.32 Å². The van der Waals surface area contributed by atoms with Gasteiger partial charge in [0.15, 0.2) is 0 Å². The van der Waals surface area contributed by atoms with Crippen LogP contribution in [0.3, 0.4) is 0 Å². The molecule has 120 valence electrons. The maximum atomic E-state index is 11.9. The Morgan fingerprint density at radius 1 is 1.39 bits per heavy atom. The van der Waals surface area contributed by atoms with Crippen molar-refractivity contribution in [3.05, 3.63) is 39.8 Å². The van der Waals surface area contributed by atoms with E-state index >= 15 is 0 Å². The average Bonchev–Trinajstić information content (AvgIpc) is 3.14. The van der Waals surface area contributed by atoms with Crippen LogP contribution in [0, 0.1) is 13.8 Å². The van der Waals surface area contributed by atoms with Crippen LogP contribution in [0.4, 0.5) is 0 Å². The van der Waals surface area contributed by atoms with E-state index < -0.39 is 0 Å². The molecule has 0 aliphatic rings. The summed E-state index contributed by atoms with van der Waals surface area (Å²) in [7, 11) is 0. The molecule has 3 heterocycles. The van der Waals surface area contributed by atoms with Crippen molar-refractivity contribution in [1.82, 2.24) is 24.9 Å². The summed E-state index contributed by atoms with van der Waals surface area (Å²) in [5.74, 6) is 0.869. The first-order valence-corrected chi connectivity index (χ1v) is 9.11. The lowest BCUT2D eigenvalue weighted by Crippen LogP contribution is -2.27.